The van der Waals surface area contributed by atoms with Gasteiger partial charge in [0.2, 0.25) is 0 Å². The fourth-order valence-electron chi connectivity index (χ4n) is 3.75. The molecule has 6 nitrogen and oxygen atoms in total. The van der Waals surface area contributed by atoms with Crippen molar-refractivity contribution in [1.82, 2.24) is 4.90 Å². The molecule has 4 N–H and O–H groups in total. The van der Waals surface area contributed by atoms with Crippen molar-refractivity contribution >= 4 is 23.0 Å². The Kier molecular flexibility index (Phi) is 8.49. The van der Waals surface area contributed by atoms with Gasteiger partial charge in [-0.05, 0) is 70.3 Å². The van der Waals surface area contributed by atoms with Gasteiger partial charge in [-0.25, -0.2) is 4.39 Å². The van der Waals surface area contributed by atoms with Gasteiger partial charge < -0.3 is 26.2 Å². The quantitative estimate of drug-likeness (QED) is 0.410. The third kappa shape index (κ3) is 6.96. The van der Waals surface area contributed by atoms with E-state index in [1.165, 1.54) is 6.07 Å². The van der Waals surface area contributed by atoms with E-state index >= 15 is 0 Å². The Morgan fingerprint density at radius 2 is 1.68 bits per heavy atom. The van der Waals surface area contributed by atoms with Gasteiger partial charge in [0.25, 0.3) is 5.91 Å². The van der Waals surface area contributed by atoms with Crippen LogP contribution in [0.3, 0.4) is 0 Å². The smallest absolute Gasteiger partial charge is 0.255 e. The van der Waals surface area contributed by atoms with Crippen LogP contribution in [0, 0.1) is 5.82 Å². The standard InChI is InChI=1S/C27H34FN5O/c1-19(2)24(17-21(29)16-20(3)30-26-11-6-5-10-25(26)28)27(34)31-22-8-7-9-23(18-22)33-14-12-32(4)13-15-33/h5-11,16-18,30H,12-15,29H2,1-4H3,(H,31,34)/b20-16+,21-17+. The van der Waals surface area contributed by atoms with Crippen LogP contribution in [0.4, 0.5) is 21.5 Å². The van der Waals surface area contributed by atoms with E-state index in [9.17, 15) is 9.18 Å². The Hall–Kier alpha value is -3.58. The lowest BCUT2D eigenvalue weighted by molar-refractivity contribution is -0.112. The molecule has 2 aromatic rings. The number of piperazine rings is 1. The highest BCUT2D eigenvalue weighted by Gasteiger charge is 2.15. The number of nitrogens with two attached hydrogens (primary N) is 1. The highest BCUT2D eigenvalue weighted by atomic mass is 19.1. The van der Waals surface area contributed by atoms with E-state index in [4.69, 9.17) is 5.73 Å². The summed E-state index contributed by atoms with van der Waals surface area (Å²) in [5, 5.41) is 5.99. The molecule has 1 aliphatic heterocycles. The average molecular weight is 464 g/mol. The van der Waals surface area contributed by atoms with Gasteiger partial charge in [-0.15, -0.1) is 0 Å². The van der Waals surface area contributed by atoms with E-state index in [1.807, 2.05) is 32.0 Å². The maximum atomic E-state index is 13.9. The lowest BCUT2D eigenvalue weighted by Crippen LogP contribution is -2.44. The fraction of sp³-hybridized carbons (Fsp3) is 0.296. The number of nitrogens with zero attached hydrogens (tertiary/aromatic N) is 2. The van der Waals surface area contributed by atoms with Gasteiger partial charge in [0.15, 0.2) is 0 Å². The molecule has 180 valence electrons. The summed E-state index contributed by atoms with van der Waals surface area (Å²) in [6, 6.07) is 14.3. The molecule has 1 fully saturated rings. The monoisotopic (exact) mass is 463 g/mol. The number of para-hydroxylation sites is 1. The van der Waals surface area contributed by atoms with E-state index in [-0.39, 0.29) is 11.7 Å². The van der Waals surface area contributed by atoms with Crippen molar-refractivity contribution < 1.29 is 9.18 Å². The van der Waals surface area contributed by atoms with Gasteiger partial charge >= 0.3 is 0 Å². The predicted octanol–water partition coefficient (Wildman–Crippen LogP) is 4.71. The zero-order chi connectivity index (χ0) is 24.7. The van der Waals surface area contributed by atoms with Crippen molar-refractivity contribution in [2.75, 3.05) is 48.8 Å². The molecular formula is C27H34FN5O. The summed E-state index contributed by atoms with van der Waals surface area (Å²) in [7, 11) is 2.13. The molecule has 1 heterocycles. The number of anilines is 3. The summed E-state index contributed by atoms with van der Waals surface area (Å²) in [5.41, 5.74) is 10.8. The van der Waals surface area contributed by atoms with Gasteiger partial charge in [0, 0.05) is 54.5 Å². The molecule has 7 heteroatoms. The van der Waals surface area contributed by atoms with Crippen LogP contribution in [0.5, 0.6) is 0 Å². The Labute approximate surface area is 201 Å². The number of carbonyl (C=O) groups is 1. The zero-order valence-corrected chi connectivity index (χ0v) is 20.4. The Bertz CT molecular complexity index is 1110. The van der Waals surface area contributed by atoms with Crippen LogP contribution in [0.2, 0.25) is 0 Å². The van der Waals surface area contributed by atoms with Crippen molar-refractivity contribution in [1.29, 1.82) is 0 Å². The molecule has 0 aliphatic carbocycles. The van der Waals surface area contributed by atoms with E-state index in [0.717, 1.165) is 43.1 Å². The van der Waals surface area contributed by atoms with Crippen molar-refractivity contribution in [2.24, 2.45) is 5.73 Å². The van der Waals surface area contributed by atoms with Crippen LogP contribution in [0.25, 0.3) is 0 Å². The second-order valence-corrected chi connectivity index (χ2v) is 8.78. The Morgan fingerprint density at radius 3 is 2.35 bits per heavy atom. The van der Waals surface area contributed by atoms with Crippen molar-refractivity contribution in [2.45, 2.75) is 20.8 Å². The molecule has 34 heavy (non-hydrogen) atoms. The van der Waals surface area contributed by atoms with Crippen molar-refractivity contribution in [3.8, 4) is 0 Å². The first-order chi connectivity index (χ1) is 16.2. The minimum atomic E-state index is -0.346. The SMILES string of the molecule is CC(C)=C(/C=C(N)\C=C(/C)Nc1ccccc1F)C(=O)Nc1cccc(N2CCN(C)CC2)c1. The number of halogens is 1. The molecule has 0 radical (unpaired) electrons. The molecule has 0 unspecified atom stereocenters. The van der Waals surface area contributed by atoms with Gasteiger partial charge in [-0.1, -0.05) is 23.8 Å². The second-order valence-electron chi connectivity index (χ2n) is 8.78. The molecule has 0 aromatic heterocycles. The van der Waals surface area contributed by atoms with Gasteiger partial charge in [0.05, 0.1) is 5.69 Å². The molecular weight excluding hydrogens is 429 g/mol. The number of rotatable bonds is 7. The Morgan fingerprint density at radius 1 is 0.971 bits per heavy atom. The van der Waals surface area contributed by atoms with Crippen LogP contribution in [0.1, 0.15) is 20.8 Å². The van der Waals surface area contributed by atoms with Crippen molar-refractivity contribution in [3.63, 3.8) is 0 Å². The van der Waals surface area contributed by atoms with E-state index in [0.29, 0.717) is 22.7 Å². The first-order valence-corrected chi connectivity index (χ1v) is 11.4. The number of carbonyl (C=O) groups excluding carboxylic acids is 1. The third-order valence-corrected chi connectivity index (χ3v) is 5.66. The molecule has 0 atom stereocenters. The molecule has 0 spiro atoms. The van der Waals surface area contributed by atoms with Crippen LogP contribution >= 0.6 is 0 Å². The maximum Gasteiger partial charge on any atom is 0.255 e. The normalized spacial score (nSPS) is 15.1. The first-order valence-electron chi connectivity index (χ1n) is 11.4. The van der Waals surface area contributed by atoms with E-state index < -0.39 is 0 Å². The van der Waals surface area contributed by atoms with Crippen LogP contribution in [-0.4, -0.2) is 44.0 Å². The summed E-state index contributed by atoms with van der Waals surface area (Å²) in [4.78, 5) is 17.7. The lowest BCUT2D eigenvalue weighted by Gasteiger charge is -2.34. The molecule has 3 rings (SSSR count). The first kappa shape index (κ1) is 25.1. The van der Waals surface area contributed by atoms with Crippen LogP contribution in [0.15, 0.2) is 83.2 Å². The number of allylic oxidation sites excluding steroid dienone is 3. The van der Waals surface area contributed by atoms with Crippen molar-refractivity contribution in [3.05, 3.63) is 89.0 Å². The van der Waals surface area contributed by atoms with Crippen LogP contribution in [-0.2, 0) is 4.79 Å². The summed E-state index contributed by atoms with van der Waals surface area (Å²) in [6.07, 6.45) is 3.32. The number of benzene rings is 2. The summed E-state index contributed by atoms with van der Waals surface area (Å²) < 4.78 is 13.9. The van der Waals surface area contributed by atoms with Gasteiger partial charge in [0.1, 0.15) is 5.82 Å². The third-order valence-electron chi connectivity index (χ3n) is 5.66. The average Bonchev–Trinajstić information content (AvgIpc) is 2.79. The topological polar surface area (TPSA) is 73.6 Å². The summed E-state index contributed by atoms with van der Waals surface area (Å²) in [6.45, 7) is 9.47. The Balaban J connectivity index is 1.71. The van der Waals surface area contributed by atoms with E-state index in [1.54, 1.807) is 37.3 Å². The minimum absolute atomic E-state index is 0.230. The highest BCUT2D eigenvalue weighted by Crippen LogP contribution is 2.22. The predicted molar refractivity (Wildman–Crippen MR) is 139 cm³/mol. The summed E-state index contributed by atoms with van der Waals surface area (Å²) in [5.74, 6) is -0.576. The van der Waals surface area contributed by atoms with Gasteiger partial charge in [-0.3, -0.25) is 4.79 Å². The van der Waals surface area contributed by atoms with E-state index in [2.05, 4.69) is 33.5 Å². The number of nitrogens with one attached hydrogen (secondary N) is 2. The fourth-order valence-corrected chi connectivity index (χ4v) is 3.75. The largest absolute Gasteiger partial charge is 0.399 e. The molecule has 1 amide bonds. The number of amides is 1. The number of hydrogen-bond acceptors (Lipinski definition) is 5. The maximum absolute atomic E-state index is 13.9. The van der Waals surface area contributed by atoms with Crippen LogP contribution < -0.4 is 21.3 Å². The summed E-state index contributed by atoms with van der Waals surface area (Å²) >= 11 is 0. The molecule has 1 aliphatic rings. The zero-order valence-electron chi connectivity index (χ0n) is 20.4. The molecule has 0 saturated carbocycles. The second kappa shape index (κ2) is 11.5. The number of hydrogen-bond donors (Lipinski definition) is 3. The molecule has 2 aromatic carbocycles. The molecule has 0 bridgehead atoms. The number of likely N-dealkylation sites (N-methyl/N-ethyl adjacent to an activating group) is 1. The minimum Gasteiger partial charge on any atom is -0.399 e. The van der Waals surface area contributed by atoms with Gasteiger partial charge in [-0.2, -0.15) is 0 Å². The lowest BCUT2D eigenvalue weighted by atomic mass is 10.1. The molecule has 1 saturated heterocycles. The highest BCUT2D eigenvalue weighted by molar-refractivity contribution is 6.06.